The molecule has 0 fully saturated rings. The first-order valence-electron chi connectivity index (χ1n) is 13.2. The molecule has 0 spiro atoms. The van der Waals surface area contributed by atoms with Gasteiger partial charge in [-0.1, -0.05) is 39.7 Å². The molecule has 0 saturated heterocycles. The molecule has 0 aliphatic heterocycles. The first-order valence-corrected chi connectivity index (χ1v) is 14.0. The summed E-state index contributed by atoms with van der Waals surface area (Å²) in [4.78, 5) is 20.0. The van der Waals surface area contributed by atoms with Crippen molar-refractivity contribution in [3.05, 3.63) is 96.6 Å². The quantitative estimate of drug-likeness (QED) is 0.153. The van der Waals surface area contributed by atoms with E-state index < -0.39 is 0 Å². The number of H-pyrrole nitrogens is 2. The number of nitrogens with zero attached hydrogens (tertiary/aromatic N) is 4. The molecule has 3 N–H and O–H groups in total. The van der Waals surface area contributed by atoms with E-state index in [9.17, 15) is 0 Å². The van der Waals surface area contributed by atoms with Crippen molar-refractivity contribution in [3.8, 4) is 22.0 Å². The fraction of sp³-hybridized carbons (Fsp3) is 0.188. The van der Waals surface area contributed by atoms with Crippen molar-refractivity contribution in [3.63, 3.8) is 0 Å². The predicted octanol–water partition coefficient (Wildman–Crippen LogP) is 8.28. The number of thiophene rings is 1. The molecule has 7 nitrogen and oxygen atoms in total. The first kappa shape index (κ1) is 27.0. The Labute approximate surface area is 238 Å². The SMILES string of the molecule is C=C/C(=C\C(=C/C)c1ccc2[nH]nc(-c3nc4c(-c5ccc(C(=C)C)s5)cncc4[nH]3)c2n1)NC(=C)CC(C)C. The summed E-state index contributed by atoms with van der Waals surface area (Å²) in [6.45, 7) is 20.5. The molecule has 40 heavy (non-hydrogen) atoms. The van der Waals surface area contributed by atoms with Crippen molar-refractivity contribution in [2.75, 3.05) is 0 Å². The van der Waals surface area contributed by atoms with Crippen molar-refractivity contribution < 1.29 is 0 Å². The van der Waals surface area contributed by atoms with Crippen LogP contribution in [0.1, 0.15) is 44.7 Å². The highest BCUT2D eigenvalue weighted by Gasteiger charge is 2.18. The second kappa shape index (κ2) is 11.3. The van der Waals surface area contributed by atoms with Gasteiger partial charge in [0.05, 0.1) is 22.9 Å². The Balaban J connectivity index is 1.52. The van der Waals surface area contributed by atoms with Gasteiger partial charge in [-0.2, -0.15) is 5.10 Å². The average molecular weight is 548 g/mol. The molecule has 0 atom stereocenters. The molecule has 202 valence electrons. The Morgan fingerprint density at radius 1 is 1.07 bits per heavy atom. The van der Waals surface area contributed by atoms with E-state index in [2.05, 4.69) is 71.2 Å². The van der Waals surface area contributed by atoms with E-state index in [1.165, 1.54) is 0 Å². The van der Waals surface area contributed by atoms with Gasteiger partial charge in [-0.3, -0.25) is 10.1 Å². The predicted molar refractivity (Wildman–Crippen MR) is 168 cm³/mol. The Morgan fingerprint density at radius 3 is 2.60 bits per heavy atom. The summed E-state index contributed by atoms with van der Waals surface area (Å²) >= 11 is 1.68. The summed E-state index contributed by atoms with van der Waals surface area (Å²) in [6, 6.07) is 8.15. The third-order valence-corrected chi connectivity index (χ3v) is 7.71. The number of imidazole rings is 1. The third-order valence-electron chi connectivity index (χ3n) is 6.43. The number of pyridine rings is 2. The first-order chi connectivity index (χ1) is 19.3. The van der Waals surface area contributed by atoms with Crippen LogP contribution in [0.15, 0.2) is 86.0 Å². The standard InChI is InChI=1S/C32H33N7S/c1-8-21(15-22(9-2)34-20(7)14-18(3)4)24-10-11-25-30(35-24)31(39-38-25)32-36-26-17-33-16-23(29(26)37-32)28-13-12-27(40-28)19(5)6/h8-13,15-18,34H,2,5,7,14H2,1,3-4,6H3,(H,36,37)(H,38,39)/b21-8+,22-15+. The minimum Gasteiger partial charge on any atom is -0.359 e. The van der Waals surface area contributed by atoms with Crippen LogP contribution in [-0.4, -0.2) is 30.1 Å². The highest BCUT2D eigenvalue weighted by atomic mass is 32.1. The summed E-state index contributed by atoms with van der Waals surface area (Å²) in [7, 11) is 0. The molecule has 0 amide bonds. The zero-order valence-electron chi connectivity index (χ0n) is 23.3. The monoisotopic (exact) mass is 547 g/mol. The third kappa shape index (κ3) is 5.44. The number of hydrogen-bond donors (Lipinski definition) is 3. The lowest BCUT2D eigenvalue weighted by atomic mass is 10.1. The number of allylic oxidation sites excluding steroid dienone is 6. The lowest BCUT2D eigenvalue weighted by molar-refractivity contribution is 0.622. The van der Waals surface area contributed by atoms with Crippen LogP contribution in [0.2, 0.25) is 0 Å². The number of hydrogen-bond acceptors (Lipinski definition) is 6. The highest BCUT2D eigenvalue weighted by Crippen LogP contribution is 2.35. The molecule has 8 heteroatoms. The molecule has 5 aromatic rings. The normalized spacial score (nSPS) is 12.4. The van der Waals surface area contributed by atoms with Crippen molar-refractivity contribution in [2.45, 2.75) is 34.1 Å². The highest BCUT2D eigenvalue weighted by molar-refractivity contribution is 7.16. The molecule has 0 aromatic carbocycles. The second-order valence-electron chi connectivity index (χ2n) is 10.2. The van der Waals surface area contributed by atoms with Crippen molar-refractivity contribution in [2.24, 2.45) is 5.92 Å². The summed E-state index contributed by atoms with van der Waals surface area (Å²) < 4.78 is 0. The Bertz CT molecular complexity index is 1810. The zero-order valence-corrected chi connectivity index (χ0v) is 24.1. The van der Waals surface area contributed by atoms with Crippen LogP contribution in [0.4, 0.5) is 0 Å². The Kier molecular flexibility index (Phi) is 7.62. The summed E-state index contributed by atoms with van der Waals surface area (Å²) in [5.74, 6) is 1.15. The van der Waals surface area contributed by atoms with E-state index in [4.69, 9.17) is 9.97 Å². The van der Waals surface area contributed by atoms with Crippen LogP contribution in [0.25, 0.3) is 55.2 Å². The van der Waals surface area contributed by atoms with Gasteiger partial charge in [0.25, 0.3) is 0 Å². The maximum absolute atomic E-state index is 5.00. The average Bonchev–Trinajstić information content (AvgIpc) is 3.67. The van der Waals surface area contributed by atoms with Crippen molar-refractivity contribution in [1.29, 1.82) is 0 Å². The minimum atomic E-state index is 0.514. The van der Waals surface area contributed by atoms with E-state index >= 15 is 0 Å². The summed E-state index contributed by atoms with van der Waals surface area (Å²) in [5.41, 5.74) is 9.49. The van der Waals surface area contributed by atoms with Gasteiger partial charge in [0.1, 0.15) is 11.0 Å². The van der Waals surface area contributed by atoms with Crippen molar-refractivity contribution >= 4 is 44.5 Å². The molecule has 5 heterocycles. The van der Waals surface area contributed by atoms with Gasteiger partial charge in [-0.15, -0.1) is 11.3 Å². The largest absolute Gasteiger partial charge is 0.359 e. The van der Waals surface area contributed by atoms with E-state index in [-0.39, 0.29) is 0 Å². The molecule has 0 aliphatic rings. The van der Waals surface area contributed by atoms with Crippen LogP contribution in [0, 0.1) is 5.92 Å². The lowest BCUT2D eigenvalue weighted by Gasteiger charge is -2.13. The molecule has 0 unspecified atom stereocenters. The van der Waals surface area contributed by atoms with E-state index in [0.717, 1.165) is 72.0 Å². The Morgan fingerprint density at radius 2 is 1.90 bits per heavy atom. The van der Waals surface area contributed by atoms with Crippen LogP contribution in [-0.2, 0) is 0 Å². The molecular formula is C32H33N7S. The minimum absolute atomic E-state index is 0.514. The summed E-state index contributed by atoms with van der Waals surface area (Å²) in [6.07, 6.45) is 10.4. The summed E-state index contributed by atoms with van der Waals surface area (Å²) in [5, 5.41) is 11.1. The number of aromatic nitrogens is 6. The maximum Gasteiger partial charge on any atom is 0.161 e. The smallest absolute Gasteiger partial charge is 0.161 e. The van der Waals surface area contributed by atoms with Crippen LogP contribution >= 0.6 is 11.3 Å². The number of fused-ring (bicyclic) bond motifs is 2. The van der Waals surface area contributed by atoms with Crippen LogP contribution in [0.5, 0.6) is 0 Å². The topological polar surface area (TPSA) is 95.2 Å². The zero-order chi connectivity index (χ0) is 28.4. The molecular weight excluding hydrogens is 514 g/mol. The van der Waals surface area contributed by atoms with Gasteiger partial charge in [0.2, 0.25) is 0 Å². The lowest BCUT2D eigenvalue weighted by Crippen LogP contribution is -2.12. The van der Waals surface area contributed by atoms with Gasteiger partial charge in [-0.25, -0.2) is 9.97 Å². The number of nitrogens with one attached hydrogen (secondary N) is 3. The van der Waals surface area contributed by atoms with Crippen LogP contribution < -0.4 is 5.32 Å². The maximum atomic E-state index is 5.00. The number of aromatic amines is 2. The molecule has 5 aromatic heterocycles. The van der Waals surface area contributed by atoms with E-state index in [1.54, 1.807) is 23.6 Å². The molecule has 0 radical (unpaired) electrons. The second-order valence-corrected chi connectivity index (χ2v) is 11.2. The fourth-order valence-electron chi connectivity index (χ4n) is 4.53. The van der Waals surface area contributed by atoms with Gasteiger partial charge in [0.15, 0.2) is 11.5 Å². The Hall–Kier alpha value is -4.56. The molecule has 0 bridgehead atoms. The van der Waals surface area contributed by atoms with E-state index in [0.29, 0.717) is 17.4 Å². The van der Waals surface area contributed by atoms with Gasteiger partial charge < -0.3 is 10.3 Å². The van der Waals surface area contributed by atoms with E-state index in [1.807, 2.05) is 44.3 Å². The van der Waals surface area contributed by atoms with Gasteiger partial charge >= 0.3 is 0 Å². The molecule has 0 aliphatic carbocycles. The molecule has 0 saturated carbocycles. The molecule has 5 rings (SSSR count). The van der Waals surface area contributed by atoms with Crippen molar-refractivity contribution in [1.82, 2.24) is 35.5 Å². The van der Waals surface area contributed by atoms with Gasteiger partial charge in [-0.05, 0) is 73.7 Å². The van der Waals surface area contributed by atoms with Gasteiger partial charge in [0, 0.05) is 32.9 Å². The van der Waals surface area contributed by atoms with Crippen LogP contribution in [0.3, 0.4) is 0 Å². The number of rotatable bonds is 10. The fourth-order valence-corrected chi connectivity index (χ4v) is 5.47.